The van der Waals surface area contributed by atoms with Crippen molar-refractivity contribution in [3.05, 3.63) is 76.2 Å². The Hall–Kier alpha value is -2.79. The van der Waals surface area contributed by atoms with E-state index in [-0.39, 0.29) is 0 Å². The molecule has 218 valence electrons. The van der Waals surface area contributed by atoms with Crippen molar-refractivity contribution in [3.8, 4) is 10.4 Å². The molecular weight excluding hydrogens is 581 g/mol. The molecule has 1 aliphatic rings. The molecule has 5 atom stereocenters. The van der Waals surface area contributed by atoms with E-state index in [0.717, 1.165) is 23.1 Å². The molecule has 0 radical (unpaired) electrons. The van der Waals surface area contributed by atoms with E-state index in [1.807, 2.05) is 18.4 Å². The third kappa shape index (κ3) is 7.74. The summed E-state index contributed by atoms with van der Waals surface area (Å²) in [6.07, 6.45) is 0.850. The van der Waals surface area contributed by atoms with Crippen LogP contribution in [0.25, 0.3) is 10.4 Å². The maximum absolute atomic E-state index is 12.1. The van der Waals surface area contributed by atoms with Crippen LogP contribution >= 0.6 is 34.9 Å². The molecule has 7 nitrogen and oxygen atoms in total. The molecule has 1 unspecified atom stereocenters. The molecule has 1 saturated heterocycles. The lowest BCUT2D eigenvalue weighted by atomic mass is 9.92. The lowest BCUT2D eigenvalue weighted by Gasteiger charge is -2.44. The van der Waals surface area contributed by atoms with Crippen molar-refractivity contribution in [2.75, 3.05) is 12.5 Å². The summed E-state index contributed by atoms with van der Waals surface area (Å²) >= 11 is 4.92. The van der Waals surface area contributed by atoms with E-state index in [4.69, 9.17) is 18.9 Å². The summed E-state index contributed by atoms with van der Waals surface area (Å²) in [7, 11) is 0. The monoisotopic (exact) mass is 614 g/mol. The van der Waals surface area contributed by atoms with Crippen LogP contribution in [0.1, 0.15) is 48.4 Å². The molecule has 3 aromatic rings. The Morgan fingerprint density at radius 2 is 1.51 bits per heavy atom. The SMILES string of the molecule is CSc1ccc(-c2ccc(Cc3cc(C4O[C@H](OC(C)=O)[C@@H](OC(C)=O)[C@H](OC(C)=O)[C@H]4SC)ccc3C)s2)cc1. The van der Waals surface area contributed by atoms with Crippen LogP contribution in [0.15, 0.2) is 59.5 Å². The van der Waals surface area contributed by atoms with Crippen molar-refractivity contribution < 1.29 is 33.3 Å². The molecule has 0 amide bonds. The number of rotatable bonds is 9. The van der Waals surface area contributed by atoms with Gasteiger partial charge in [0.25, 0.3) is 0 Å². The van der Waals surface area contributed by atoms with Gasteiger partial charge in [0.15, 0.2) is 6.10 Å². The third-order valence-electron chi connectivity index (χ3n) is 6.76. The van der Waals surface area contributed by atoms with Gasteiger partial charge >= 0.3 is 17.9 Å². The first kappa shape index (κ1) is 31.2. The van der Waals surface area contributed by atoms with Crippen LogP contribution in [-0.4, -0.2) is 54.2 Å². The minimum Gasteiger partial charge on any atom is -0.457 e. The number of ether oxygens (including phenoxy) is 4. The van der Waals surface area contributed by atoms with E-state index in [0.29, 0.717) is 0 Å². The highest BCUT2D eigenvalue weighted by molar-refractivity contribution is 7.99. The Labute approximate surface area is 253 Å². The minimum absolute atomic E-state index is 0.428. The zero-order valence-electron chi connectivity index (χ0n) is 23.9. The molecule has 4 rings (SSSR count). The quantitative estimate of drug-likeness (QED) is 0.150. The summed E-state index contributed by atoms with van der Waals surface area (Å²) in [6, 6.07) is 19.0. The smallest absolute Gasteiger partial charge is 0.305 e. The number of aryl methyl sites for hydroxylation is 1. The van der Waals surface area contributed by atoms with Gasteiger partial charge in [-0.05, 0) is 66.0 Å². The number of carbonyl (C=O) groups excluding carboxylic acids is 3. The number of thioether (sulfide) groups is 2. The number of esters is 3. The van der Waals surface area contributed by atoms with Crippen molar-refractivity contribution in [1.29, 1.82) is 0 Å². The second kappa shape index (κ2) is 13.9. The van der Waals surface area contributed by atoms with Crippen molar-refractivity contribution in [3.63, 3.8) is 0 Å². The maximum Gasteiger partial charge on any atom is 0.305 e. The molecule has 1 aliphatic heterocycles. The molecule has 0 spiro atoms. The fraction of sp³-hybridized carbons (Fsp3) is 0.387. The van der Waals surface area contributed by atoms with Gasteiger partial charge in [0.1, 0.15) is 6.10 Å². The largest absolute Gasteiger partial charge is 0.457 e. The molecule has 41 heavy (non-hydrogen) atoms. The second-order valence-electron chi connectivity index (χ2n) is 9.74. The normalized spacial score (nSPS) is 22.1. The van der Waals surface area contributed by atoms with Crippen LogP contribution in [0, 0.1) is 6.92 Å². The van der Waals surface area contributed by atoms with Crippen molar-refractivity contribution in [2.24, 2.45) is 0 Å². The van der Waals surface area contributed by atoms with Crippen LogP contribution in [-0.2, 0) is 39.8 Å². The van der Waals surface area contributed by atoms with Gasteiger partial charge < -0.3 is 18.9 Å². The molecule has 0 N–H and O–H groups in total. The number of thiophene rings is 1. The van der Waals surface area contributed by atoms with Gasteiger partial charge in [-0.15, -0.1) is 23.1 Å². The fourth-order valence-corrected chi connectivity index (χ4v) is 7.26. The molecule has 1 fully saturated rings. The van der Waals surface area contributed by atoms with E-state index in [1.54, 1.807) is 23.1 Å². The Bertz CT molecular complexity index is 1380. The van der Waals surface area contributed by atoms with Gasteiger partial charge in [-0.2, -0.15) is 11.8 Å². The molecule has 10 heteroatoms. The van der Waals surface area contributed by atoms with E-state index >= 15 is 0 Å². The average Bonchev–Trinajstić information content (AvgIpc) is 3.39. The molecular formula is C31H34O7S3. The van der Waals surface area contributed by atoms with Gasteiger partial charge in [-0.3, -0.25) is 14.4 Å². The van der Waals surface area contributed by atoms with Crippen LogP contribution in [0.3, 0.4) is 0 Å². The lowest BCUT2D eigenvalue weighted by Crippen LogP contribution is -2.57. The summed E-state index contributed by atoms with van der Waals surface area (Å²) in [5.41, 5.74) is 4.31. The van der Waals surface area contributed by atoms with Crippen LogP contribution in [0.5, 0.6) is 0 Å². The highest BCUT2D eigenvalue weighted by Crippen LogP contribution is 2.42. The van der Waals surface area contributed by atoms with E-state index in [1.165, 1.54) is 52.7 Å². The number of carbonyl (C=O) groups is 3. The van der Waals surface area contributed by atoms with Crippen molar-refractivity contribution in [2.45, 2.75) is 68.9 Å². The molecule has 2 aromatic carbocycles. The summed E-state index contributed by atoms with van der Waals surface area (Å²) in [4.78, 5) is 39.7. The van der Waals surface area contributed by atoms with E-state index in [2.05, 4.69) is 55.6 Å². The molecule has 0 saturated carbocycles. The number of hydrogen-bond acceptors (Lipinski definition) is 10. The first-order chi connectivity index (χ1) is 19.6. The summed E-state index contributed by atoms with van der Waals surface area (Å²) in [5, 5.41) is -0.428. The second-order valence-corrected chi connectivity index (χ2v) is 12.8. The molecule has 1 aromatic heterocycles. The summed E-state index contributed by atoms with van der Waals surface area (Å²) in [6.45, 7) is 5.87. The van der Waals surface area contributed by atoms with Gasteiger partial charge in [0, 0.05) is 41.8 Å². The fourth-order valence-electron chi connectivity index (χ4n) is 4.87. The minimum atomic E-state index is -1.24. The van der Waals surface area contributed by atoms with Crippen LogP contribution in [0.4, 0.5) is 0 Å². The topological polar surface area (TPSA) is 88.1 Å². The standard InChI is InChI=1S/C31H34O7S3/c1-17-7-8-22(15-23(17)16-25-13-14-26(41-25)21-9-11-24(39-5)12-10-21)27-30(40-6)28(35-18(2)32)29(36-19(3)33)31(38-27)37-20(4)34/h7-15,27-31H,16H2,1-6H3/t27?,28-,29-,30-,31-/m0/s1. The Balaban J connectivity index is 1.64. The Morgan fingerprint density at radius 3 is 2.12 bits per heavy atom. The lowest BCUT2D eigenvalue weighted by molar-refractivity contribution is -0.266. The van der Waals surface area contributed by atoms with Gasteiger partial charge in [-0.1, -0.05) is 30.3 Å². The molecule has 2 heterocycles. The van der Waals surface area contributed by atoms with Gasteiger partial charge in [0.05, 0.1) is 5.25 Å². The van der Waals surface area contributed by atoms with Crippen molar-refractivity contribution >= 4 is 52.8 Å². The van der Waals surface area contributed by atoms with E-state index in [9.17, 15) is 14.4 Å². The predicted molar refractivity (Wildman–Crippen MR) is 163 cm³/mol. The molecule has 0 bridgehead atoms. The van der Waals surface area contributed by atoms with Gasteiger partial charge in [0.2, 0.25) is 12.4 Å². The average molecular weight is 615 g/mol. The first-order valence-corrected chi connectivity index (χ1v) is 16.4. The highest BCUT2D eigenvalue weighted by atomic mass is 32.2. The first-order valence-electron chi connectivity index (χ1n) is 13.1. The maximum atomic E-state index is 12.1. The van der Waals surface area contributed by atoms with Crippen LogP contribution < -0.4 is 0 Å². The van der Waals surface area contributed by atoms with Gasteiger partial charge in [-0.25, -0.2) is 0 Å². The molecule has 0 aliphatic carbocycles. The third-order valence-corrected chi connectivity index (χ3v) is 9.69. The number of benzene rings is 2. The predicted octanol–water partition coefficient (Wildman–Crippen LogP) is 6.59. The zero-order chi connectivity index (χ0) is 29.7. The summed E-state index contributed by atoms with van der Waals surface area (Å²) < 4.78 is 22.9. The highest BCUT2D eigenvalue weighted by Gasteiger charge is 2.51. The Morgan fingerprint density at radius 1 is 0.854 bits per heavy atom. The number of hydrogen-bond donors (Lipinski definition) is 0. The zero-order valence-corrected chi connectivity index (χ0v) is 26.3. The Kier molecular flexibility index (Phi) is 10.6. The van der Waals surface area contributed by atoms with Crippen LogP contribution in [0.2, 0.25) is 0 Å². The van der Waals surface area contributed by atoms with Crippen molar-refractivity contribution in [1.82, 2.24) is 0 Å². The summed E-state index contributed by atoms with van der Waals surface area (Å²) in [5.74, 6) is -1.73. The van der Waals surface area contributed by atoms with E-state index < -0.39 is 47.8 Å².